The minimum atomic E-state index is -0.0935. The van der Waals surface area contributed by atoms with E-state index >= 15 is 0 Å². The maximum Gasteiger partial charge on any atom is 0.318 e. The second-order valence-electron chi connectivity index (χ2n) is 5.64. The van der Waals surface area contributed by atoms with Crippen LogP contribution < -0.4 is 5.32 Å². The fourth-order valence-electron chi connectivity index (χ4n) is 2.73. The molecular formula is C16H21N5O2S. The summed E-state index contributed by atoms with van der Waals surface area (Å²) < 4.78 is 0. The summed E-state index contributed by atoms with van der Waals surface area (Å²) in [6.07, 6.45) is 4.28. The van der Waals surface area contributed by atoms with E-state index in [9.17, 15) is 9.59 Å². The molecule has 2 N–H and O–H groups in total. The van der Waals surface area contributed by atoms with Crippen LogP contribution in [0.5, 0.6) is 0 Å². The molecule has 3 rings (SSSR count). The number of urea groups is 1. The van der Waals surface area contributed by atoms with Gasteiger partial charge >= 0.3 is 6.03 Å². The van der Waals surface area contributed by atoms with Gasteiger partial charge in [0.05, 0.1) is 6.04 Å². The lowest BCUT2D eigenvalue weighted by molar-refractivity contribution is 0.0658. The highest BCUT2D eigenvalue weighted by Crippen LogP contribution is 2.19. The molecule has 1 unspecified atom stereocenters. The average molecular weight is 347 g/mol. The molecule has 0 saturated carbocycles. The molecule has 24 heavy (non-hydrogen) atoms. The van der Waals surface area contributed by atoms with E-state index in [2.05, 4.69) is 15.3 Å². The highest BCUT2D eigenvalue weighted by Gasteiger charge is 2.26. The Hall–Kier alpha value is -2.35. The molecule has 7 nitrogen and oxygen atoms in total. The zero-order valence-corrected chi connectivity index (χ0v) is 14.4. The lowest BCUT2D eigenvalue weighted by Crippen LogP contribution is -2.53. The van der Waals surface area contributed by atoms with Gasteiger partial charge in [0.15, 0.2) is 0 Å². The first-order valence-corrected chi connectivity index (χ1v) is 8.94. The number of aromatic amines is 1. The van der Waals surface area contributed by atoms with Crippen LogP contribution in [0.25, 0.3) is 0 Å². The van der Waals surface area contributed by atoms with E-state index in [0.717, 1.165) is 11.4 Å². The van der Waals surface area contributed by atoms with Gasteiger partial charge in [0.1, 0.15) is 10.7 Å². The molecule has 3 heterocycles. The lowest BCUT2D eigenvalue weighted by atomic mass is 10.2. The summed E-state index contributed by atoms with van der Waals surface area (Å²) in [5.41, 5.74) is 0.586. The summed E-state index contributed by atoms with van der Waals surface area (Å²) in [4.78, 5) is 35.5. The van der Waals surface area contributed by atoms with Crippen LogP contribution in [0.4, 0.5) is 4.79 Å². The van der Waals surface area contributed by atoms with Crippen molar-refractivity contribution in [2.75, 3.05) is 26.2 Å². The summed E-state index contributed by atoms with van der Waals surface area (Å²) in [7, 11) is 0. The van der Waals surface area contributed by atoms with Crippen molar-refractivity contribution in [1.82, 2.24) is 25.1 Å². The number of piperazine rings is 1. The summed E-state index contributed by atoms with van der Waals surface area (Å²) in [6.45, 7) is 4.18. The highest BCUT2D eigenvalue weighted by molar-refractivity contribution is 7.09. The van der Waals surface area contributed by atoms with Crippen molar-refractivity contribution in [2.45, 2.75) is 19.4 Å². The lowest BCUT2D eigenvalue weighted by Gasteiger charge is -2.35. The molecule has 8 heteroatoms. The number of nitrogens with zero attached hydrogens (tertiary/aromatic N) is 3. The highest BCUT2D eigenvalue weighted by atomic mass is 32.1. The number of thiazole rings is 1. The molecule has 2 aromatic rings. The monoisotopic (exact) mass is 347 g/mol. The number of rotatable bonds is 4. The summed E-state index contributed by atoms with van der Waals surface area (Å²) >= 11 is 1.55. The van der Waals surface area contributed by atoms with Crippen LogP contribution >= 0.6 is 11.3 Å². The average Bonchev–Trinajstić information content (AvgIpc) is 3.32. The van der Waals surface area contributed by atoms with Gasteiger partial charge in [-0.2, -0.15) is 0 Å². The summed E-state index contributed by atoms with van der Waals surface area (Å²) in [5.74, 6) is -0.0192. The van der Waals surface area contributed by atoms with Crippen LogP contribution in [0.15, 0.2) is 29.9 Å². The van der Waals surface area contributed by atoms with Gasteiger partial charge in [0.25, 0.3) is 5.91 Å². The number of H-pyrrole nitrogens is 1. The molecule has 0 radical (unpaired) electrons. The number of aromatic nitrogens is 2. The molecule has 1 aliphatic heterocycles. The Bertz CT molecular complexity index is 663. The molecule has 0 aliphatic carbocycles. The van der Waals surface area contributed by atoms with Gasteiger partial charge in [-0.15, -0.1) is 11.3 Å². The Balaban J connectivity index is 1.52. The van der Waals surface area contributed by atoms with E-state index in [1.54, 1.807) is 45.7 Å². The molecule has 0 bridgehead atoms. The van der Waals surface area contributed by atoms with Crippen LogP contribution in [0.2, 0.25) is 0 Å². The summed E-state index contributed by atoms with van der Waals surface area (Å²) in [6, 6.07) is 3.42. The zero-order valence-electron chi connectivity index (χ0n) is 13.6. The topological polar surface area (TPSA) is 81.3 Å². The minimum absolute atomic E-state index is 0.0192. The molecule has 2 aromatic heterocycles. The molecule has 3 amide bonds. The predicted molar refractivity (Wildman–Crippen MR) is 91.9 cm³/mol. The molecular weight excluding hydrogens is 326 g/mol. The van der Waals surface area contributed by atoms with Gasteiger partial charge < -0.3 is 20.1 Å². The number of hydrogen-bond acceptors (Lipinski definition) is 4. The van der Waals surface area contributed by atoms with Gasteiger partial charge in [-0.1, -0.05) is 6.92 Å². The zero-order chi connectivity index (χ0) is 16.9. The van der Waals surface area contributed by atoms with Gasteiger partial charge in [0.2, 0.25) is 0 Å². The van der Waals surface area contributed by atoms with Gasteiger partial charge in [-0.05, 0) is 18.6 Å². The second-order valence-corrected chi connectivity index (χ2v) is 6.57. The van der Waals surface area contributed by atoms with Gasteiger partial charge in [-0.25, -0.2) is 9.78 Å². The molecule has 0 aromatic carbocycles. The molecule has 1 saturated heterocycles. The van der Waals surface area contributed by atoms with Crippen LogP contribution in [0.3, 0.4) is 0 Å². The van der Waals surface area contributed by atoms with E-state index in [-0.39, 0.29) is 18.0 Å². The predicted octanol–water partition coefficient (Wildman–Crippen LogP) is 2.09. The first-order chi connectivity index (χ1) is 11.7. The molecule has 0 spiro atoms. The van der Waals surface area contributed by atoms with Crippen LogP contribution in [-0.4, -0.2) is 57.9 Å². The van der Waals surface area contributed by atoms with Crippen LogP contribution in [0.1, 0.15) is 34.9 Å². The number of carbonyl (C=O) groups excluding carboxylic acids is 2. The smallest absolute Gasteiger partial charge is 0.318 e. The van der Waals surface area contributed by atoms with Crippen molar-refractivity contribution >= 4 is 23.3 Å². The second kappa shape index (κ2) is 7.48. The first-order valence-electron chi connectivity index (χ1n) is 8.06. The van der Waals surface area contributed by atoms with E-state index < -0.39 is 0 Å². The molecule has 1 fully saturated rings. The third kappa shape index (κ3) is 3.59. The number of hydrogen-bond donors (Lipinski definition) is 2. The Morgan fingerprint density at radius 3 is 2.67 bits per heavy atom. The van der Waals surface area contributed by atoms with Crippen LogP contribution in [0, 0.1) is 0 Å². The fraction of sp³-hybridized carbons (Fsp3) is 0.438. The maximum absolute atomic E-state index is 12.4. The van der Waals surface area contributed by atoms with Crippen molar-refractivity contribution in [3.8, 4) is 0 Å². The van der Waals surface area contributed by atoms with Gasteiger partial charge in [-0.3, -0.25) is 4.79 Å². The fourth-order valence-corrected chi connectivity index (χ4v) is 3.50. The van der Waals surface area contributed by atoms with Crippen molar-refractivity contribution in [3.63, 3.8) is 0 Å². The van der Waals surface area contributed by atoms with Gasteiger partial charge in [0, 0.05) is 44.0 Å². The molecule has 128 valence electrons. The van der Waals surface area contributed by atoms with Crippen molar-refractivity contribution in [2.24, 2.45) is 0 Å². The van der Waals surface area contributed by atoms with E-state index in [4.69, 9.17) is 0 Å². The van der Waals surface area contributed by atoms with E-state index in [0.29, 0.717) is 31.9 Å². The van der Waals surface area contributed by atoms with Crippen LogP contribution in [-0.2, 0) is 0 Å². The standard InChI is InChI=1S/C16H21N5O2S/c1-2-12(14-18-6-11-24-14)19-16(23)21-9-7-20(8-10-21)15(22)13-4-3-5-17-13/h3-6,11-12,17H,2,7-10H2,1H3,(H,19,23). The largest absolute Gasteiger partial charge is 0.357 e. The van der Waals surface area contributed by atoms with E-state index in [1.807, 2.05) is 12.3 Å². The molecule has 1 aliphatic rings. The number of carbonyl (C=O) groups is 2. The minimum Gasteiger partial charge on any atom is -0.357 e. The first kappa shape index (κ1) is 16.5. The van der Waals surface area contributed by atoms with Crippen molar-refractivity contribution < 1.29 is 9.59 Å². The summed E-state index contributed by atoms with van der Waals surface area (Å²) in [5, 5.41) is 5.87. The number of nitrogens with one attached hydrogen (secondary N) is 2. The Morgan fingerprint density at radius 1 is 1.33 bits per heavy atom. The normalized spacial score (nSPS) is 16.0. The SMILES string of the molecule is CCC(NC(=O)N1CCN(C(=O)c2ccc[nH]2)CC1)c1nccs1. The Morgan fingerprint density at radius 2 is 2.08 bits per heavy atom. The third-order valence-electron chi connectivity index (χ3n) is 4.14. The van der Waals surface area contributed by atoms with Crippen molar-refractivity contribution in [1.29, 1.82) is 0 Å². The molecule has 1 atom stereocenters. The quantitative estimate of drug-likeness (QED) is 0.888. The Kier molecular flexibility index (Phi) is 5.14. The third-order valence-corrected chi connectivity index (χ3v) is 5.03. The Labute approximate surface area is 144 Å². The van der Waals surface area contributed by atoms with E-state index in [1.165, 1.54) is 0 Å². The maximum atomic E-state index is 12.4. The number of amides is 3. The van der Waals surface area contributed by atoms with Crippen molar-refractivity contribution in [3.05, 3.63) is 40.6 Å².